The molecule has 129 valence electrons. The molecule has 4 atom stereocenters. The van der Waals surface area contributed by atoms with Crippen LogP contribution in [0.2, 0.25) is 0 Å². The van der Waals surface area contributed by atoms with Crippen LogP contribution >= 0.6 is 0 Å². The molecular weight excluding hydrogens is 312 g/mol. The minimum atomic E-state index is -0.957. The summed E-state index contributed by atoms with van der Waals surface area (Å²) in [7, 11) is 0. The summed E-state index contributed by atoms with van der Waals surface area (Å²) in [5, 5.41) is 23.8. The molecule has 1 saturated heterocycles. The molecule has 0 amide bonds. The molecule has 0 spiro atoms. The normalized spacial score (nSPS) is 28.3. The van der Waals surface area contributed by atoms with E-state index in [1.807, 2.05) is 13.8 Å². The number of nitrogens with zero attached hydrogens (tertiary/aromatic N) is 2. The van der Waals surface area contributed by atoms with Crippen LogP contribution in [0.1, 0.15) is 24.9 Å². The first kappa shape index (κ1) is 16.9. The van der Waals surface area contributed by atoms with E-state index in [2.05, 4.69) is 17.1 Å². The molecule has 3 heterocycles. The van der Waals surface area contributed by atoms with Gasteiger partial charge in [0, 0.05) is 12.0 Å². The van der Waals surface area contributed by atoms with Crippen molar-refractivity contribution in [3.8, 4) is 11.5 Å². The van der Waals surface area contributed by atoms with Crippen LogP contribution in [0.15, 0.2) is 26.8 Å². The summed E-state index contributed by atoms with van der Waals surface area (Å²) in [5.41, 5.74) is 1.68. The van der Waals surface area contributed by atoms with Gasteiger partial charge in [-0.05, 0) is 33.3 Å². The van der Waals surface area contributed by atoms with Gasteiger partial charge in [-0.25, -0.2) is 4.98 Å². The van der Waals surface area contributed by atoms with Gasteiger partial charge in [-0.2, -0.15) is 0 Å². The lowest BCUT2D eigenvalue weighted by Crippen LogP contribution is -2.49. The topological polar surface area (TPSA) is 102 Å². The predicted molar refractivity (Wildman–Crippen MR) is 85.6 cm³/mol. The van der Waals surface area contributed by atoms with Crippen LogP contribution in [0, 0.1) is 19.8 Å². The maximum atomic E-state index is 10.1. The number of rotatable bonds is 4. The van der Waals surface area contributed by atoms with Crippen molar-refractivity contribution in [1.29, 1.82) is 0 Å². The summed E-state index contributed by atoms with van der Waals surface area (Å²) < 4.78 is 16.3. The molecule has 0 unspecified atom stereocenters. The van der Waals surface area contributed by atoms with Crippen molar-refractivity contribution < 1.29 is 23.9 Å². The molecule has 1 fully saturated rings. The van der Waals surface area contributed by atoms with E-state index in [0.29, 0.717) is 30.4 Å². The van der Waals surface area contributed by atoms with Gasteiger partial charge in [-0.15, -0.1) is 0 Å². The van der Waals surface area contributed by atoms with Gasteiger partial charge in [-0.3, -0.25) is 0 Å². The minimum absolute atomic E-state index is 0.319. The first-order valence-corrected chi connectivity index (χ1v) is 7.81. The lowest BCUT2D eigenvalue weighted by Gasteiger charge is -2.36. The SMILES string of the molecule is [CH2][C@@H]1CO[C@@H](C/C(C)=C/c2ncc(-c3cc(C)no3)o2)[C@H](O)[C@@H]1O. The third-order valence-electron chi connectivity index (χ3n) is 4.03. The van der Waals surface area contributed by atoms with Gasteiger partial charge in [0.25, 0.3) is 0 Å². The summed E-state index contributed by atoms with van der Waals surface area (Å²) in [4.78, 5) is 4.19. The Morgan fingerprint density at radius 2 is 2.17 bits per heavy atom. The third-order valence-corrected chi connectivity index (χ3v) is 4.03. The van der Waals surface area contributed by atoms with Gasteiger partial charge in [0.15, 0.2) is 5.76 Å². The Balaban J connectivity index is 1.67. The fraction of sp³-hybridized carbons (Fsp3) is 0.471. The molecule has 0 saturated carbocycles. The summed E-state index contributed by atoms with van der Waals surface area (Å²) in [6, 6.07) is 1.77. The molecule has 0 aromatic carbocycles. The number of oxazole rings is 1. The van der Waals surface area contributed by atoms with Crippen molar-refractivity contribution in [3.05, 3.63) is 36.3 Å². The highest BCUT2D eigenvalue weighted by Crippen LogP contribution is 2.26. The Hall–Kier alpha value is -1.96. The summed E-state index contributed by atoms with van der Waals surface area (Å²) in [6.45, 7) is 7.80. The monoisotopic (exact) mass is 333 g/mol. The van der Waals surface area contributed by atoms with Crippen molar-refractivity contribution in [2.45, 2.75) is 38.6 Å². The molecule has 2 aromatic heterocycles. The molecule has 1 radical (unpaired) electrons. The summed E-state index contributed by atoms with van der Waals surface area (Å²) in [5.74, 6) is 1.13. The Bertz CT molecular complexity index is 720. The number of aromatic nitrogens is 2. The summed E-state index contributed by atoms with van der Waals surface area (Å²) >= 11 is 0. The second-order valence-corrected chi connectivity index (χ2v) is 6.20. The van der Waals surface area contributed by atoms with Crippen LogP contribution in [0.25, 0.3) is 17.6 Å². The second-order valence-electron chi connectivity index (χ2n) is 6.20. The van der Waals surface area contributed by atoms with Crippen LogP contribution in [-0.2, 0) is 4.74 Å². The minimum Gasteiger partial charge on any atom is -0.433 e. The third kappa shape index (κ3) is 3.58. The zero-order valence-corrected chi connectivity index (χ0v) is 13.7. The molecule has 3 rings (SSSR count). The first-order valence-electron chi connectivity index (χ1n) is 7.81. The molecular formula is C17H21N2O5. The molecule has 0 aliphatic carbocycles. The first-order chi connectivity index (χ1) is 11.4. The van der Waals surface area contributed by atoms with Crippen molar-refractivity contribution >= 4 is 6.08 Å². The van der Waals surface area contributed by atoms with E-state index in [-0.39, 0.29) is 5.92 Å². The number of hydrogen-bond donors (Lipinski definition) is 2. The molecule has 1 aliphatic heterocycles. The van der Waals surface area contributed by atoms with Crippen molar-refractivity contribution in [2.75, 3.05) is 6.61 Å². The Labute approximate surface area is 139 Å². The predicted octanol–water partition coefficient (Wildman–Crippen LogP) is 2.00. The highest BCUT2D eigenvalue weighted by atomic mass is 16.5. The highest BCUT2D eigenvalue weighted by molar-refractivity contribution is 5.52. The molecule has 7 nitrogen and oxygen atoms in total. The van der Waals surface area contributed by atoms with Crippen LogP contribution in [0.4, 0.5) is 0 Å². The molecule has 24 heavy (non-hydrogen) atoms. The lowest BCUT2D eigenvalue weighted by molar-refractivity contribution is -0.153. The highest BCUT2D eigenvalue weighted by Gasteiger charge is 2.36. The second kappa shape index (κ2) is 6.88. The smallest absolute Gasteiger partial charge is 0.219 e. The lowest BCUT2D eigenvalue weighted by atomic mass is 9.91. The van der Waals surface area contributed by atoms with Crippen LogP contribution < -0.4 is 0 Å². The van der Waals surface area contributed by atoms with E-state index in [9.17, 15) is 10.2 Å². The zero-order chi connectivity index (χ0) is 17.3. The number of aliphatic hydroxyl groups is 2. The number of aliphatic hydroxyl groups excluding tert-OH is 2. The Morgan fingerprint density at radius 3 is 2.88 bits per heavy atom. The molecule has 2 aromatic rings. The fourth-order valence-electron chi connectivity index (χ4n) is 2.66. The van der Waals surface area contributed by atoms with Crippen molar-refractivity contribution in [2.24, 2.45) is 5.92 Å². The number of hydrogen-bond acceptors (Lipinski definition) is 7. The van der Waals surface area contributed by atoms with Crippen molar-refractivity contribution in [3.63, 3.8) is 0 Å². The number of aryl methyl sites for hydroxylation is 1. The quantitative estimate of drug-likeness (QED) is 0.882. The van der Waals surface area contributed by atoms with Gasteiger partial charge in [0.05, 0.1) is 30.7 Å². The van der Waals surface area contributed by atoms with E-state index in [1.54, 1.807) is 18.3 Å². The fourth-order valence-corrected chi connectivity index (χ4v) is 2.66. The maximum Gasteiger partial charge on any atom is 0.219 e. The van der Waals surface area contributed by atoms with Crippen LogP contribution in [-0.4, -0.2) is 45.3 Å². The maximum absolute atomic E-state index is 10.1. The van der Waals surface area contributed by atoms with E-state index < -0.39 is 18.3 Å². The molecule has 0 bridgehead atoms. The largest absolute Gasteiger partial charge is 0.433 e. The van der Waals surface area contributed by atoms with E-state index in [0.717, 1.165) is 11.3 Å². The number of ether oxygens (including phenoxy) is 1. The average molecular weight is 333 g/mol. The Morgan fingerprint density at radius 1 is 1.38 bits per heavy atom. The molecule has 1 aliphatic rings. The van der Waals surface area contributed by atoms with Gasteiger partial charge in [0.2, 0.25) is 11.7 Å². The standard InChI is InChI=1S/C17H21N2O5/c1-9(4-13-17(21)16(20)10(2)8-22-13)5-15-18-7-14(23-15)12-6-11(3)19-24-12/h5-7,10,13,16-17,20-21H,2,4,8H2,1,3H3/b9-5+/t10-,13+,16-,17+/m1/s1. The van der Waals surface area contributed by atoms with E-state index in [1.165, 1.54) is 0 Å². The zero-order valence-electron chi connectivity index (χ0n) is 13.7. The Kier molecular flexibility index (Phi) is 4.84. The van der Waals surface area contributed by atoms with Gasteiger partial charge >= 0.3 is 0 Å². The van der Waals surface area contributed by atoms with Gasteiger partial charge in [-0.1, -0.05) is 10.7 Å². The van der Waals surface area contributed by atoms with E-state index in [4.69, 9.17) is 13.7 Å². The van der Waals surface area contributed by atoms with Gasteiger partial charge < -0.3 is 23.9 Å². The summed E-state index contributed by atoms with van der Waals surface area (Å²) in [6.07, 6.45) is 1.50. The molecule has 2 N–H and O–H groups in total. The molecule has 7 heteroatoms. The average Bonchev–Trinajstić information content (AvgIpc) is 3.17. The van der Waals surface area contributed by atoms with Crippen LogP contribution in [0.3, 0.4) is 0 Å². The van der Waals surface area contributed by atoms with Crippen molar-refractivity contribution in [1.82, 2.24) is 10.1 Å². The van der Waals surface area contributed by atoms with E-state index >= 15 is 0 Å². The van der Waals surface area contributed by atoms with Crippen LogP contribution in [0.5, 0.6) is 0 Å². The van der Waals surface area contributed by atoms with Gasteiger partial charge in [0.1, 0.15) is 6.10 Å².